The molecule has 0 fully saturated rings. The highest BCUT2D eigenvalue weighted by Gasteiger charge is 2.25. The Morgan fingerprint density at radius 3 is 2.30 bits per heavy atom. The van der Waals surface area contributed by atoms with E-state index in [1.807, 2.05) is 20.8 Å². The molecule has 1 aliphatic heterocycles. The number of hydrogen-bond donors (Lipinski definition) is 3. The summed E-state index contributed by atoms with van der Waals surface area (Å²) in [6.07, 6.45) is 0. The number of guanidine groups is 1. The van der Waals surface area contributed by atoms with Crippen molar-refractivity contribution >= 4 is 5.96 Å². The van der Waals surface area contributed by atoms with Crippen molar-refractivity contribution in [3.05, 3.63) is 0 Å². The zero-order chi connectivity index (χ0) is 7.78. The number of nitrogens with zero attached hydrogens (tertiary/aromatic N) is 2. The average molecular weight is 143 g/mol. The molecular formula is C5H13N5. The molecule has 0 aromatic carbocycles. The van der Waals surface area contributed by atoms with Gasteiger partial charge in [0.05, 0.1) is 5.54 Å². The summed E-state index contributed by atoms with van der Waals surface area (Å²) in [6, 6.07) is 0. The van der Waals surface area contributed by atoms with Crippen LogP contribution in [-0.4, -0.2) is 16.5 Å². The van der Waals surface area contributed by atoms with Gasteiger partial charge in [0.2, 0.25) is 5.96 Å². The largest absolute Gasteiger partial charge is 0.367 e. The van der Waals surface area contributed by atoms with Gasteiger partial charge in [-0.15, -0.1) is 10.6 Å². The van der Waals surface area contributed by atoms with Crippen molar-refractivity contribution in [1.29, 1.82) is 0 Å². The smallest absolute Gasteiger partial charge is 0.231 e. The van der Waals surface area contributed by atoms with Crippen LogP contribution in [0.25, 0.3) is 0 Å². The van der Waals surface area contributed by atoms with Crippen molar-refractivity contribution < 1.29 is 0 Å². The molecule has 0 spiro atoms. The Kier molecular flexibility index (Phi) is 1.44. The fraction of sp³-hybridized carbons (Fsp3) is 0.800. The first-order chi connectivity index (χ1) is 4.52. The van der Waals surface area contributed by atoms with Crippen molar-refractivity contribution in [2.24, 2.45) is 10.8 Å². The highest BCUT2D eigenvalue weighted by atomic mass is 15.9. The normalized spacial score (nSPS) is 18.7. The van der Waals surface area contributed by atoms with E-state index in [4.69, 9.17) is 5.73 Å². The van der Waals surface area contributed by atoms with Gasteiger partial charge >= 0.3 is 0 Å². The molecule has 0 unspecified atom stereocenters. The van der Waals surface area contributed by atoms with Gasteiger partial charge in [0, 0.05) is 0 Å². The summed E-state index contributed by atoms with van der Waals surface area (Å²) in [5, 5.41) is 5.50. The average Bonchev–Trinajstić information content (AvgIpc) is 2.11. The fourth-order valence-electron chi connectivity index (χ4n) is 0.751. The van der Waals surface area contributed by atoms with Crippen LogP contribution in [0.1, 0.15) is 20.8 Å². The Balaban J connectivity index is 2.67. The number of nitrogens with one attached hydrogen (secondary N) is 2. The van der Waals surface area contributed by atoms with Crippen LogP contribution in [-0.2, 0) is 0 Å². The lowest BCUT2D eigenvalue weighted by Gasteiger charge is -2.30. The molecule has 0 amide bonds. The highest BCUT2D eigenvalue weighted by molar-refractivity contribution is 5.78. The van der Waals surface area contributed by atoms with Gasteiger partial charge in [-0.3, -0.25) is 5.01 Å². The number of rotatable bonds is 0. The predicted molar refractivity (Wildman–Crippen MR) is 39.5 cm³/mol. The number of hydrazone groups is 1. The molecule has 1 aliphatic rings. The summed E-state index contributed by atoms with van der Waals surface area (Å²) >= 11 is 0. The third kappa shape index (κ3) is 1.13. The van der Waals surface area contributed by atoms with E-state index in [-0.39, 0.29) is 5.54 Å². The highest BCUT2D eigenvalue weighted by Crippen LogP contribution is 2.10. The summed E-state index contributed by atoms with van der Waals surface area (Å²) in [7, 11) is 0. The third-order valence-corrected chi connectivity index (χ3v) is 1.23. The molecule has 0 bridgehead atoms. The first kappa shape index (κ1) is 7.14. The lowest BCUT2D eigenvalue weighted by Crippen LogP contribution is -2.54. The molecule has 1 rings (SSSR count). The van der Waals surface area contributed by atoms with Crippen LogP contribution in [0.4, 0.5) is 0 Å². The van der Waals surface area contributed by atoms with Gasteiger partial charge in [-0.2, -0.15) is 0 Å². The monoisotopic (exact) mass is 143 g/mol. The summed E-state index contributed by atoms with van der Waals surface area (Å²) in [5.41, 5.74) is 10.8. The van der Waals surface area contributed by atoms with Crippen LogP contribution in [0, 0.1) is 0 Å². The molecule has 0 radical (unpaired) electrons. The number of nitrogens with two attached hydrogens (primary N) is 1. The standard InChI is InChI=1S/C5H13N5/c1-5(2,3)10-4(6)7-8-9-10/h8-9H,1-3H3,(H2,6,7). The first-order valence-corrected chi connectivity index (χ1v) is 3.16. The second-order valence-corrected chi connectivity index (χ2v) is 3.20. The molecule has 58 valence electrons. The Morgan fingerprint density at radius 1 is 1.50 bits per heavy atom. The van der Waals surface area contributed by atoms with Gasteiger partial charge in [0.25, 0.3) is 0 Å². The van der Waals surface area contributed by atoms with Crippen LogP contribution < -0.4 is 16.8 Å². The minimum absolute atomic E-state index is 0.0446. The van der Waals surface area contributed by atoms with E-state index in [0.29, 0.717) is 5.96 Å². The van der Waals surface area contributed by atoms with Gasteiger partial charge < -0.3 is 5.73 Å². The molecule has 5 nitrogen and oxygen atoms in total. The van der Waals surface area contributed by atoms with Crippen molar-refractivity contribution in [2.75, 3.05) is 0 Å². The van der Waals surface area contributed by atoms with Crippen LogP contribution in [0.2, 0.25) is 0 Å². The van der Waals surface area contributed by atoms with E-state index in [0.717, 1.165) is 0 Å². The molecule has 0 atom stereocenters. The molecule has 0 aromatic rings. The van der Waals surface area contributed by atoms with Gasteiger partial charge in [0.1, 0.15) is 0 Å². The Labute approximate surface area is 60.2 Å². The van der Waals surface area contributed by atoms with Crippen molar-refractivity contribution in [2.45, 2.75) is 26.3 Å². The maximum absolute atomic E-state index is 5.52. The Hall–Kier alpha value is -0.970. The maximum Gasteiger partial charge on any atom is 0.231 e. The Bertz CT molecular complexity index is 156. The van der Waals surface area contributed by atoms with E-state index in [2.05, 4.69) is 16.2 Å². The second-order valence-electron chi connectivity index (χ2n) is 3.20. The minimum atomic E-state index is -0.0446. The predicted octanol–water partition coefficient (Wildman–Crippen LogP) is -0.661. The molecular weight excluding hydrogens is 130 g/mol. The van der Waals surface area contributed by atoms with E-state index in [1.165, 1.54) is 0 Å². The molecule has 10 heavy (non-hydrogen) atoms. The van der Waals surface area contributed by atoms with Crippen LogP contribution in [0.15, 0.2) is 5.10 Å². The lowest BCUT2D eigenvalue weighted by molar-refractivity contribution is 0.160. The topological polar surface area (TPSA) is 65.7 Å². The Morgan fingerprint density at radius 2 is 2.10 bits per heavy atom. The third-order valence-electron chi connectivity index (χ3n) is 1.23. The maximum atomic E-state index is 5.52. The van der Waals surface area contributed by atoms with Gasteiger partial charge in [-0.25, -0.2) is 5.53 Å². The minimum Gasteiger partial charge on any atom is -0.367 e. The van der Waals surface area contributed by atoms with Crippen LogP contribution in [0.3, 0.4) is 0 Å². The zero-order valence-electron chi connectivity index (χ0n) is 6.47. The van der Waals surface area contributed by atoms with Crippen molar-refractivity contribution in [3.63, 3.8) is 0 Å². The van der Waals surface area contributed by atoms with E-state index < -0.39 is 0 Å². The zero-order valence-corrected chi connectivity index (χ0v) is 6.47. The molecule has 1 heterocycles. The SMILES string of the molecule is CC(C)(C)N1NNN=C1N. The molecule has 0 saturated heterocycles. The molecule has 4 N–H and O–H groups in total. The second kappa shape index (κ2) is 2.02. The van der Waals surface area contributed by atoms with E-state index in [1.54, 1.807) is 5.01 Å². The summed E-state index contributed by atoms with van der Waals surface area (Å²) in [4.78, 5) is 0. The van der Waals surface area contributed by atoms with Gasteiger partial charge in [0.15, 0.2) is 0 Å². The molecule has 0 aliphatic carbocycles. The number of hydrazine groups is 2. The summed E-state index contributed by atoms with van der Waals surface area (Å²) in [6.45, 7) is 6.11. The first-order valence-electron chi connectivity index (χ1n) is 3.16. The summed E-state index contributed by atoms with van der Waals surface area (Å²) < 4.78 is 0. The van der Waals surface area contributed by atoms with Gasteiger partial charge in [-0.05, 0) is 20.8 Å². The molecule has 0 saturated carbocycles. The molecule has 0 aromatic heterocycles. The fourth-order valence-corrected chi connectivity index (χ4v) is 0.751. The van der Waals surface area contributed by atoms with E-state index in [9.17, 15) is 0 Å². The quantitative estimate of drug-likeness (QED) is 0.421. The van der Waals surface area contributed by atoms with E-state index >= 15 is 0 Å². The van der Waals surface area contributed by atoms with Gasteiger partial charge in [-0.1, -0.05) is 0 Å². The van der Waals surface area contributed by atoms with Crippen LogP contribution >= 0.6 is 0 Å². The van der Waals surface area contributed by atoms with Crippen LogP contribution in [0.5, 0.6) is 0 Å². The van der Waals surface area contributed by atoms with Crippen molar-refractivity contribution in [3.8, 4) is 0 Å². The summed E-state index contributed by atoms with van der Waals surface area (Å²) in [5.74, 6) is 0.465. The van der Waals surface area contributed by atoms with Crippen molar-refractivity contribution in [1.82, 2.24) is 16.1 Å². The number of hydrogen-bond acceptors (Lipinski definition) is 5. The lowest BCUT2D eigenvalue weighted by atomic mass is 10.1. The molecule has 5 heteroatoms.